The number of hydrogen-bond acceptors (Lipinski definition) is 6. The van der Waals surface area contributed by atoms with Gasteiger partial charge in [-0.2, -0.15) is 0 Å². The summed E-state index contributed by atoms with van der Waals surface area (Å²) in [5.41, 5.74) is 0.670. The molecule has 2 aliphatic rings. The molecule has 2 unspecified atom stereocenters. The van der Waals surface area contributed by atoms with Crippen LogP contribution in [-0.2, 0) is 18.9 Å². The second-order valence-corrected chi connectivity index (χ2v) is 7.87. The molecular formula is C21H32N2O6. The second kappa shape index (κ2) is 9.30. The molecule has 3 rings (SSSR count). The normalized spacial score (nSPS) is 28.6. The molecule has 8 heteroatoms. The van der Waals surface area contributed by atoms with E-state index in [2.05, 4.69) is 17.6 Å². The number of ether oxygens (including phenoxy) is 5. The Morgan fingerprint density at radius 3 is 2.55 bits per heavy atom. The Balaban J connectivity index is 1.59. The monoisotopic (exact) mass is 408 g/mol. The second-order valence-electron chi connectivity index (χ2n) is 7.87. The molecule has 0 saturated carbocycles. The number of amides is 2. The Hall–Kier alpha value is -1.87. The Labute approximate surface area is 172 Å². The number of hydrogen-bond donors (Lipinski definition) is 2. The quantitative estimate of drug-likeness (QED) is 0.642. The van der Waals surface area contributed by atoms with Crippen molar-refractivity contribution in [2.45, 2.75) is 77.0 Å². The highest BCUT2D eigenvalue weighted by atomic mass is 16.8. The number of rotatable bonds is 8. The van der Waals surface area contributed by atoms with Crippen LogP contribution in [0.4, 0.5) is 10.5 Å². The van der Waals surface area contributed by atoms with Crippen LogP contribution in [0.5, 0.6) is 5.75 Å². The molecule has 0 aromatic heterocycles. The van der Waals surface area contributed by atoms with Crippen molar-refractivity contribution in [1.82, 2.24) is 5.32 Å². The van der Waals surface area contributed by atoms with Crippen LogP contribution in [0, 0.1) is 0 Å². The summed E-state index contributed by atoms with van der Waals surface area (Å²) in [4.78, 5) is 12.4. The maximum absolute atomic E-state index is 12.4. The fourth-order valence-corrected chi connectivity index (χ4v) is 3.60. The van der Waals surface area contributed by atoms with Gasteiger partial charge in [0.1, 0.15) is 24.1 Å². The van der Waals surface area contributed by atoms with Gasteiger partial charge in [0.25, 0.3) is 0 Å². The smallest absolute Gasteiger partial charge is 0.319 e. The molecule has 2 aliphatic heterocycles. The predicted molar refractivity (Wildman–Crippen MR) is 108 cm³/mol. The van der Waals surface area contributed by atoms with E-state index in [4.69, 9.17) is 23.7 Å². The number of anilines is 1. The van der Waals surface area contributed by atoms with Crippen LogP contribution >= 0.6 is 0 Å². The molecule has 29 heavy (non-hydrogen) atoms. The van der Waals surface area contributed by atoms with E-state index in [0.717, 1.165) is 18.6 Å². The summed E-state index contributed by atoms with van der Waals surface area (Å²) in [5, 5.41) is 5.74. The van der Waals surface area contributed by atoms with E-state index < -0.39 is 12.1 Å². The van der Waals surface area contributed by atoms with Crippen LogP contribution < -0.4 is 15.4 Å². The zero-order valence-corrected chi connectivity index (χ0v) is 17.8. The molecule has 1 aromatic rings. The van der Waals surface area contributed by atoms with Crippen LogP contribution in [0.2, 0.25) is 0 Å². The van der Waals surface area contributed by atoms with Gasteiger partial charge < -0.3 is 34.3 Å². The lowest BCUT2D eigenvalue weighted by molar-refractivity contribution is -0.235. The average Bonchev–Trinajstić information content (AvgIpc) is 3.16. The number of nitrogens with one attached hydrogen (secondary N) is 2. The fourth-order valence-electron chi connectivity index (χ4n) is 3.60. The third-order valence-electron chi connectivity index (χ3n) is 5.03. The summed E-state index contributed by atoms with van der Waals surface area (Å²) in [5.74, 6) is 0.0132. The molecular weight excluding hydrogens is 376 g/mol. The Kier molecular flexibility index (Phi) is 7.00. The van der Waals surface area contributed by atoms with Crippen molar-refractivity contribution in [3.8, 4) is 5.75 Å². The molecule has 162 valence electrons. The van der Waals surface area contributed by atoms with Gasteiger partial charge in [-0.1, -0.05) is 13.3 Å². The number of urea groups is 1. The van der Waals surface area contributed by atoms with Crippen molar-refractivity contribution in [1.29, 1.82) is 0 Å². The fraction of sp³-hybridized carbons (Fsp3) is 0.667. The number of methoxy groups -OCH3 is 1. The lowest BCUT2D eigenvalue weighted by Gasteiger charge is -2.27. The van der Waals surface area contributed by atoms with E-state index in [1.807, 2.05) is 20.8 Å². The van der Waals surface area contributed by atoms with Gasteiger partial charge in [0.2, 0.25) is 0 Å². The van der Waals surface area contributed by atoms with Crippen LogP contribution in [0.25, 0.3) is 0 Å². The highest BCUT2D eigenvalue weighted by Crippen LogP contribution is 2.40. The van der Waals surface area contributed by atoms with Crippen LogP contribution in [-0.4, -0.2) is 56.2 Å². The molecule has 8 nitrogen and oxygen atoms in total. The topological polar surface area (TPSA) is 87.3 Å². The van der Waals surface area contributed by atoms with Crippen LogP contribution in [0.1, 0.15) is 40.5 Å². The molecule has 0 spiro atoms. The highest BCUT2D eigenvalue weighted by Gasteiger charge is 2.57. The first-order valence-electron chi connectivity index (χ1n) is 10.2. The highest BCUT2D eigenvalue weighted by molar-refractivity contribution is 5.89. The van der Waals surface area contributed by atoms with Gasteiger partial charge in [0.15, 0.2) is 12.1 Å². The molecule has 2 fully saturated rings. The van der Waals surface area contributed by atoms with Crippen molar-refractivity contribution in [2.24, 2.45) is 0 Å². The first kappa shape index (κ1) is 21.8. The van der Waals surface area contributed by atoms with Gasteiger partial charge in [-0.25, -0.2) is 4.79 Å². The average molecular weight is 408 g/mol. The molecule has 5 atom stereocenters. The van der Waals surface area contributed by atoms with Gasteiger partial charge in [-0.3, -0.25) is 0 Å². The first-order chi connectivity index (χ1) is 13.8. The minimum atomic E-state index is -0.713. The van der Waals surface area contributed by atoms with Crippen molar-refractivity contribution in [2.75, 3.05) is 19.0 Å². The maximum Gasteiger partial charge on any atom is 0.319 e. The van der Waals surface area contributed by atoms with Crippen molar-refractivity contribution < 1.29 is 28.5 Å². The number of carbonyl (C=O) groups is 1. The van der Waals surface area contributed by atoms with Gasteiger partial charge in [0, 0.05) is 12.3 Å². The summed E-state index contributed by atoms with van der Waals surface area (Å²) in [6.45, 7) is 8.34. The number of benzene rings is 1. The zero-order chi connectivity index (χ0) is 21.0. The summed E-state index contributed by atoms with van der Waals surface area (Å²) in [6, 6.07) is 6.49. The SMILES string of the molecule is CCCCO[C@H]1OC(C(C)NC(=O)Nc2ccc(OC)cc2)[C@@H]2OC(C)(C)O[C@H]12. The summed E-state index contributed by atoms with van der Waals surface area (Å²) < 4.78 is 29.2. The van der Waals surface area contributed by atoms with Crippen LogP contribution in [0.15, 0.2) is 24.3 Å². The van der Waals surface area contributed by atoms with Gasteiger partial charge in [-0.05, 0) is 51.5 Å². The molecule has 2 N–H and O–H groups in total. The molecule has 2 saturated heterocycles. The van der Waals surface area contributed by atoms with E-state index in [1.54, 1.807) is 31.4 Å². The lowest BCUT2D eigenvalue weighted by atomic mass is 10.1. The molecule has 2 heterocycles. The molecule has 2 amide bonds. The van der Waals surface area contributed by atoms with Crippen LogP contribution in [0.3, 0.4) is 0 Å². The number of fused-ring (bicyclic) bond motifs is 1. The van der Waals surface area contributed by atoms with E-state index in [-0.39, 0.29) is 30.4 Å². The third kappa shape index (κ3) is 5.39. The Bertz CT molecular complexity index is 680. The lowest BCUT2D eigenvalue weighted by Crippen LogP contribution is -2.48. The zero-order valence-electron chi connectivity index (χ0n) is 17.8. The molecule has 0 radical (unpaired) electrons. The number of carbonyl (C=O) groups excluding carboxylic acids is 1. The van der Waals surface area contributed by atoms with Gasteiger partial charge >= 0.3 is 6.03 Å². The van der Waals surface area contributed by atoms with Crippen molar-refractivity contribution in [3.63, 3.8) is 0 Å². The number of unbranched alkanes of at least 4 members (excludes halogenated alkanes) is 1. The summed E-state index contributed by atoms with van der Waals surface area (Å²) in [7, 11) is 1.60. The molecule has 0 aliphatic carbocycles. The maximum atomic E-state index is 12.4. The van der Waals surface area contributed by atoms with Gasteiger partial charge in [-0.15, -0.1) is 0 Å². The Morgan fingerprint density at radius 1 is 1.21 bits per heavy atom. The third-order valence-corrected chi connectivity index (χ3v) is 5.03. The van der Waals surface area contributed by atoms with E-state index in [0.29, 0.717) is 12.3 Å². The first-order valence-corrected chi connectivity index (χ1v) is 10.2. The van der Waals surface area contributed by atoms with Crippen molar-refractivity contribution in [3.05, 3.63) is 24.3 Å². The van der Waals surface area contributed by atoms with Crippen molar-refractivity contribution >= 4 is 11.7 Å². The summed E-state index contributed by atoms with van der Waals surface area (Å²) in [6.07, 6.45) is 0.469. The standard InChI is InChI=1S/C21H32N2O6/c1-6-7-12-26-19-18-17(28-21(3,4)29-18)16(27-19)13(2)22-20(24)23-14-8-10-15(25-5)11-9-14/h8-11,13,16-19H,6-7,12H2,1-5H3,(H2,22,23,24)/t13?,16?,17-,18-,19-/m0/s1. The Morgan fingerprint density at radius 2 is 1.90 bits per heavy atom. The largest absolute Gasteiger partial charge is 0.497 e. The summed E-state index contributed by atoms with van der Waals surface area (Å²) >= 11 is 0. The minimum Gasteiger partial charge on any atom is -0.497 e. The van der Waals surface area contributed by atoms with E-state index >= 15 is 0 Å². The van der Waals surface area contributed by atoms with E-state index in [9.17, 15) is 4.79 Å². The molecule has 1 aromatic carbocycles. The van der Waals surface area contributed by atoms with E-state index in [1.165, 1.54) is 0 Å². The minimum absolute atomic E-state index is 0.307. The predicted octanol–water partition coefficient (Wildman–Crippen LogP) is 3.27. The van der Waals surface area contributed by atoms with Gasteiger partial charge in [0.05, 0.1) is 13.2 Å². The molecule has 0 bridgehead atoms.